The molecule has 2 aromatic rings. The minimum absolute atomic E-state index is 0.558. The van der Waals surface area contributed by atoms with Crippen molar-refractivity contribution in [1.29, 1.82) is 0 Å². The molecule has 21 heavy (non-hydrogen) atoms. The molecule has 0 radical (unpaired) electrons. The highest BCUT2D eigenvalue weighted by atomic mass is 16.5. The molecule has 0 N–H and O–H groups in total. The van der Waals surface area contributed by atoms with Crippen LogP contribution in [0.3, 0.4) is 0 Å². The average Bonchev–Trinajstić information content (AvgIpc) is 2.96. The van der Waals surface area contributed by atoms with Crippen LogP contribution in [0.1, 0.15) is 17.3 Å². The Kier molecular flexibility index (Phi) is 4.43. The molecule has 1 aliphatic heterocycles. The molecule has 1 fully saturated rings. The predicted molar refractivity (Wildman–Crippen MR) is 82.4 cm³/mol. The average molecular weight is 284 g/mol. The Morgan fingerprint density at radius 1 is 1.10 bits per heavy atom. The first-order chi connectivity index (χ1) is 10.3. The summed E-state index contributed by atoms with van der Waals surface area (Å²) in [5.74, 6) is 1.32. The third kappa shape index (κ3) is 4.00. The van der Waals surface area contributed by atoms with Crippen molar-refractivity contribution in [2.24, 2.45) is 0 Å². The lowest BCUT2D eigenvalue weighted by Gasteiger charge is -2.31. The molecular weight excluding hydrogens is 264 g/mol. The molecule has 110 valence electrons. The molecule has 1 aromatic carbocycles. The summed E-state index contributed by atoms with van der Waals surface area (Å²) < 4.78 is 5.26. The highest BCUT2D eigenvalue weighted by Crippen LogP contribution is 2.09. The van der Waals surface area contributed by atoms with Crippen molar-refractivity contribution in [3.8, 4) is 0 Å². The van der Waals surface area contributed by atoms with Crippen LogP contribution in [0.2, 0.25) is 0 Å². The summed E-state index contributed by atoms with van der Waals surface area (Å²) in [7, 11) is 2.15. The van der Waals surface area contributed by atoms with Crippen LogP contribution in [0.15, 0.2) is 34.9 Å². The molecule has 2 heterocycles. The Morgan fingerprint density at radius 2 is 1.86 bits per heavy atom. The molecule has 0 amide bonds. The summed E-state index contributed by atoms with van der Waals surface area (Å²) in [5, 5.41) is 4.05. The topological polar surface area (TPSA) is 45.4 Å². The van der Waals surface area contributed by atoms with Crippen molar-refractivity contribution in [3.63, 3.8) is 0 Å². The maximum atomic E-state index is 5.26. The van der Waals surface area contributed by atoms with Gasteiger partial charge in [-0.1, -0.05) is 35.5 Å². The number of benzene rings is 1. The van der Waals surface area contributed by atoms with Gasteiger partial charge in [-0.2, -0.15) is 4.98 Å². The Hall–Kier alpha value is -1.98. The Morgan fingerprint density at radius 3 is 2.62 bits per heavy atom. The smallest absolute Gasteiger partial charge is 0.250 e. The fraction of sp³-hybridized carbons (Fsp3) is 0.375. The lowest BCUT2D eigenvalue weighted by molar-refractivity contribution is 0.144. The maximum Gasteiger partial charge on any atom is 0.250 e. The number of likely N-dealkylation sites (N-methyl/N-ethyl adjacent to an activating group) is 1. The number of hydrogen-bond donors (Lipinski definition) is 0. The van der Waals surface area contributed by atoms with E-state index in [0.29, 0.717) is 5.89 Å². The molecule has 0 aliphatic carbocycles. The van der Waals surface area contributed by atoms with Crippen molar-refractivity contribution in [2.75, 3.05) is 33.2 Å². The van der Waals surface area contributed by atoms with E-state index in [-0.39, 0.29) is 0 Å². The normalized spacial score (nSPS) is 17.6. The predicted octanol–water partition coefficient (Wildman–Crippen LogP) is 1.99. The van der Waals surface area contributed by atoms with Gasteiger partial charge in [0.05, 0.1) is 6.54 Å². The minimum Gasteiger partial charge on any atom is -0.335 e. The summed E-state index contributed by atoms with van der Waals surface area (Å²) in [6.45, 7) is 5.06. The highest BCUT2D eigenvalue weighted by molar-refractivity contribution is 5.65. The molecule has 3 rings (SSSR count). The van der Waals surface area contributed by atoms with Gasteiger partial charge in [0.1, 0.15) is 0 Å². The third-order valence-corrected chi connectivity index (χ3v) is 3.66. The van der Waals surface area contributed by atoms with E-state index in [1.54, 1.807) is 0 Å². The van der Waals surface area contributed by atoms with Crippen LogP contribution in [0.25, 0.3) is 12.2 Å². The first kappa shape index (κ1) is 14.0. The fourth-order valence-electron chi connectivity index (χ4n) is 2.34. The van der Waals surface area contributed by atoms with E-state index in [1.807, 2.05) is 42.5 Å². The number of piperazine rings is 1. The molecule has 0 bridgehead atoms. The largest absolute Gasteiger partial charge is 0.335 e. The van der Waals surface area contributed by atoms with Gasteiger partial charge in [0.15, 0.2) is 5.82 Å². The Labute approximate surface area is 124 Å². The van der Waals surface area contributed by atoms with E-state index >= 15 is 0 Å². The first-order valence-electron chi connectivity index (χ1n) is 7.26. The molecule has 0 unspecified atom stereocenters. The minimum atomic E-state index is 0.558. The van der Waals surface area contributed by atoms with Gasteiger partial charge in [0.2, 0.25) is 0 Å². The number of nitrogens with zero attached hydrogens (tertiary/aromatic N) is 4. The van der Waals surface area contributed by atoms with E-state index in [9.17, 15) is 0 Å². The van der Waals surface area contributed by atoms with E-state index < -0.39 is 0 Å². The van der Waals surface area contributed by atoms with Crippen molar-refractivity contribution < 1.29 is 4.52 Å². The van der Waals surface area contributed by atoms with E-state index in [4.69, 9.17) is 4.52 Å². The zero-order valence-corrected chi connectivity index (χ0v) is 12.3. The lowest BCUT2D eigenvalue weighted by atomic mass is 10.2. The van der Waals surface area contributed by atoms with Crippen LogP contribution in [0.5, 0.6) is 0 Å². The molecule has 1 saturated heterocycles. The monoisotopic (exact) mass is 284 g/mol. The first-order valence-corrected chi connectivity index (χ1v) is 7.26. The number of hydrogen-bond acceptors (Lipinski definition) is 5. The molecular formula is C16H20N4O. The number of rotatable bonds is 4. The van der Waals surface area contributed by atoms with Crippen LogP contribution in [-0.2, 0) is 6.54 Å². The Balaban J connectivity index is 1.57. The molecule has 1 aliphatic rings. The van der Waals surface area contributed by atoms with E-state index in [1.165, 1.54) is 0 Å². The van der Waals surface area contributed by atoms with Crippen molar-refractivity contribution >= 4 is 12.2 Å². The SMILES string of the molecule is CN1CCN(Cc2noc(C=Cc3ccccc3)n2)CC1. The zero-order chi connectivity index (χ0) is 14.5. The van der Waals surface area contributed by atoms with Gasteiger partial charge in [-0.25, -0.2) is 0 Å². The molecule has 1 aromatic heterocycles. The summed E-state index contributed by atoms with van der Waals surface area (Å²) in [6.07, 6.45) is 3.84. The number of aromatic nitrogens is 2. The second kappa shape index (κ2) is 6.65. The van der Waals surface area contributed by atoms with Gasteiger partial charge in [0, 0.05) is 32.3 Å². The summed E-state index contributed by atoms with van der Waals surface area (Å²) >= 11 is 0. The summed E-state index contributed by atoms with van der Waals surface area (Å²) in [4.78, 5) is 9.11. The van der Waals surface area contributed by atoms with Gasteiger partial charge < -0.3 is 9.42 Å². The van der Waals surface area contributed by atoms with E-state index in [2.05, 4.69) is 27.0 Å². The summed E-state index contributed by atoms with van der Waals surface area (Å²) in [5.41, 5.74) is 1.12. The van der Waals surface area contributed by atoms with Gasteiger partial charge in [-0.3, -0.25) is 4.90 Å². The van der Waals surface area contributed by atoms with Gasteiger partial charge >= 0.3 is 0 Å². The Bertz CT molecular complexity index is 585. The van der Waals surface area contributed by atoms with Crippen molar-refractivity contribution in [2.45, 2.75) is 6.54 Å². The van der Waals surface area contributed by atoms with Crippen molar-refractivity contribution in [1.82, 2.24) is 19.9 Å². The zero-order valence-electron chi connectivity index (χ0n) is 12.3. The van der Waals surface area contributed by atoms with Crippen LogP contribution >= 0.6 is 0 Å². The molecule has 5 heteroatoms. The van der Waals surface area contributed by atoms with Crippen LogP contribution in [0.4, 0.5) is 0 Å². The molecule has 0 saturated carbocycles. The van der Waals surface area contributed by atoms with Crippen LogP contribution < -0.4 is 0 Å². The standard InChI is InChI=1S/C16H20N4O/c1-19-9-11-20(12-10-19)13-15-17-16(21-18-15)8-7-14-5-3-2-4-6-14/h2-8H,9-13H2,1H3. The molecule has 5 nitrogen and oxygen atoms in total. The van der Waals surface area contributed by atoms with Crippen LogP contribution in [-0.4, -0.2) is 53.2 Å². The quantitative estimate of drug-likeness (QED) is 0.859. The van der Waals surface area contributed by atoms with Crippen LogP contribution in [0, 0.1) is 0 Å². The van der Waals surface area contributed by atoms with Gasteiger partial charge in [-0.05, 0) is 18.7 Å². The molecule has 0 atom stereocenters. The summed E-state index contributed by atoms with van der Waals surface area (Å²) in [6, 6.07) is 10.1. The second-order valence-corrected chi connectivity index (χ2v) is 5.37. The van der Waals surface area contributed by atoms with Gasteiger partial charge in [-0.15, -0.1) is 0 Å². The van der Waals surface area contributed by atoms with Gasteiger partial charge in [0.25, 0.3) is 5.89 Å². The van der Waals surface area contributed by atoms with Crippen molar-refractivity contribution in [3.05, 3.63) is 47.6 Å². The van der Waals surface area contributed by atoms with E-state index in [0.717, 1.165) is 44.1 Å². The fourth-order valence-corrected chi connectivity index (χ4v) is 2.34. The molecule has 0 spiro atoms. The second-order valence-electron chi connectivity index (χ2n) is 5.37. The third-order valence-electron chi connectivity index (χ3n) is 3.66. The highest BCUT2D eigenvalue weighted by Gasteiger charge is 2.16. The maximum absolute atomic E-state index is 5.26. The lowest BCUT2D eigenvalue weighted by Crippen LogP contribution is -2.44.